The Morgan fingerprint density at radius 3 is 2.60 bits per heavy atom. The fraction of sp³-hybridized carbons (Fsp3) is 0.300. The van der Waals surface area contributed by atoms with E-state index < -0.39 is 12.1 Å². The van der Waals surface area contributed by atoms with Crippen molar-refractivity contribution in [2.75, 3.05) is 7.11 Å². The minimum Gasteiger partial charge on any atom is -0.496 e. The van der Waals surface area contributed by atoms with E-state index in [1.165, 1.54) is 13.2 Å². The van der Waals surface area contributed by atoms with Crippen molar-refractivity contribution in [3.63, 3.8) is 0 Å². The molecule has 4 nitrogen and oxygen atoms in total. The fourth-order valence-electron chi connectivity index (χ4n) is 1.23. The molecule has 0 aliphatic rings. The number of aryl methyl sites for hydroxylation is 1. The second-order valence-electron chi connectivity index (χ2n) is 3.08. The molecule has 0 heterocycles. The topological polar surface area (TPSA) is 66.8 Å². The number of halogens is 1. The number of benzene rings is 1. The fourth-order valence-corrected chi connectivity index (χ4v) is 1.91. The van der Waals surface area contributed by atoms with E-state index in [9.17, 15) is 9.90 Å². The van der Waals surface area contributed by atoms with Gasteiger partial charge < -0.3 is 14.9 Å². The minimum atomic E-state index is -1.55. The van der Waals surface area contributed by atoms with E-state index in [1.54, 1.807) is 6.07 Å². The van der Waals surface area contributed by atoms with Crippen LogP contribution >= 0.6 is 15.9 Å². The Bertz CT molecular complexity index is 389. The number of methoxy groups -OCH3 is 1. The van der Waals surface area contributed by atoms with Crippen LogP contribution in [0, 0.1) is 6.92 Å². The third-order valence-electron chi connectivity index (χ3n) is 2.04. The van der Waals surface area contributed by atoms with E-state index in [1.807, 2.05) is 6.92 Å². The highest BCUT2D eigenvalue weighted by molar-refractivity contribution is 9.10. The number of aliphatic hydroxyl groups excluding tert-OH is 1. The first kappa shape index (κ1) is 12.0. The predicted molar refractivity (Wildman–Crippen MR) is 58.0 cm³/mol. The Labute approximate surface area is 95.6 Å². The highest BCUT2D eigenvalue weighted by Gasteiger charge is 2.20. The molecule has 0 aliphatic heterocycles. The zero-order valence-corrected chi connectivity index (χ0v) is 9.91. The molecule has 1 atom stereocenters. The minimum absolute atomic E-state index is 0.282. The van der Waals surface area contributed by atoms with E-state index in [-0.39, 0.29) is 5.56 Å². The standard InChI is InChI=1S/C10H11BrO4/c1-5-3-7(11)6(4-8(5)15-2)9(12)10(13)14/h3-4,9,12H,1-2H3,(H,13,14). The molecule has 1 aromatic rings. The molecule has 0 aromatic heterocycles. The summed E-state index contributed by atoms with van der Waals surface area (Å²) in [4.78, 5) is 10.6. The van der Waals surface area contributed by atoms with Gasteiger partial charge in [0, 0.05) is 10.0 Å². The molecule has 0 amide bonds. The number of hydrogen-bond donors (Lipinski definition) is 2. The second-order valence-corrected chi connectivity index (χ2v) is 3.94. The largest absolute Gasteiger partial charge is 0.496 e. The van der Waals surface area contributed by atoms with Crippen LogP contribution in [0.2, 0.25) is 0 Å². The Morgan fingerprint density at radius 1 is 1.53 bits per heavy atom. The van der Waals surface area contributed by atoms with Crippen molar-refractivity contribution >= 4 is 21.9 Å². The van der Waals surface area contributed by atoms with E-state index in [4.69, 9.17) is 9.84 Å². The quantitative estimate of drug-likeness (QED) is 0.883. The van der Waals surface area contributed by atoms with Gasteiger partial charge in [-0.05, 0) is 24.6 Å². The molecule has 0 radical (unpaired) electrons. The number of ether oxygens (including phenoxy) is 1. The van der Waals surface area contributed by atoms with Gasteiger partial charge in [0.15, 0.2) is 6.10 Å². The number of rotatable bonds is 3. The molecule has 0 fully saturated rings. The molecule has 5 heteroatoms. The number of hydrogen-bond acceptors (Lipinski definition) is 3. The van der Waals surface area contributed by atoms with Crippen LogP contribution in [0.4, 0.5) is 0 Å². The summed E-state index contributed by atoms with van der Waals surface area (Å²) in [6, 6.07) is 3.22. The Hall–Kier alpha value is -1.07. The van der Waals surface area contributed by atoms with Crippen LogP contribution in [0.1, 0.15) is 17.2 Å². The van der Waals surface area contributed by atoms with Crippen molar-refractivity contribution < 1.29 is 19.7 Å². The summed E-state index contributed by atoms with van der Waals surface area (Å²) in [5.74, 6) is -0.741. The molecular formula is C10H11BrO4. The molecule has 1 unspecified atom stereocenters. The molecule has 0 aliphatic carbocycles. The smallest absolute Gasteiger partial charge is 0.337 e. The van der Waals surface area contributed by atoms with Gasteiger partial charge in [-0.2, -0.15) is 0 Å². The van der Waals surface area contributed by atoms with Gasteiger partial charge in [0.1, 0.15) is 5.75 Å². The van der Waals surface area contributed by atoms with E-state index >= 15 is 0 Å². The molecule has 15 heavy (non-hydrogen) atoms. The third-order valence-corrected chi connectivity index (χ3v) is 2.73. The number of aliphatic carboxylic acids is 1. The molecule has 0 spiro atoms. The van der Waals surface area contributed by atoms with Crippen LogP contribution in [0.5, 0.6) is 5.75 Å². The second kappa shape index (κ2) is 4.63. The molecular weight excluding hydrogens is 264 g/mol. The lowest BCUT2D eigenvalue weighted by molar-refractivity contribution is -0.147. The van der Waals surface area contributed by atoms with Crippen LogP contribution < -0.4 is 4.74 Å². The highest BCUT2D eigenvalue weighted by atomic mass is 79.9. The van der Waals surface area contributed by atoms with Crippen molar-refractivity contribution in [2.45, 2.75) is 13.0 Å². The van der Waals surface area contributed by atoms with Gasteiger partial charge >= 0.3 is 5.97 Å². The molecule has 2 N–H and O–H groups in total. The van der Waals surface area contributed by atoms with Gasteiger partial charge in [0.2, 0.25) is 0 Å². The summed E-state index contributed by atoms with van der Waals surface area (Å²) in [6.07, 6.45) is -1.55. The third kappa shape index (κ3) is 2.49. The van der Waals surface area contributed by atoms with E-state index in [2.05, 4.69) is 15.9 Å². The van der Waals surface area contributed by atoms with Gasteiger partial charge in [0.25, 0.3) is 0 Å². The summed E-state index contributed by atoms with van der Waals surface area (Å²) in [6.45, 7) is 1.83. The van der Waals surface area contributed by atoms with Crippen molar-refractivity contribution in [1.82, 2.24) is 0 Å². The summed E-state index contributed by atoms with van der Waals surface area (Å²) in [5, 5.41) is 18.1. The maximum Gasteiger partial charge on any atom is 0.337 e. The maximum atomic E-state index is 10.6. The lowest BCUT2D eigenvalue weighted by Gasteiger charge is -2.12. The Kier molecular flexibility index (Phi) is 3.71. The molecule has 1 rings (SSSR count). The summed E-state index contributed by atoms with van der Waals surface area (Å²) in [7, 11) is 1.49. The Morgan fingerprint density at radius 2 is 2.13 bits per heavy atom. The van der Waals surface area contributed by atoms with Crippen molar-refractivity contribution in [3.8, 4) is 5.75 Å². The number of carboxylic acid groups (broad SMARTS) is 1. The highest BCUT2D eigenvalue weighted by Crippen LogP contribution is 2.30. The van der Waals surface area contributed by atoms with Crippen LogP contribution in [0.15, 0.2) is 16.6 Å². The lowest BCUT2D eigenvalue weighted by Crippen LogP contribution is -2.11. The number of carboxylic acids is 1. The first-order chi connectivity index (χ1) is 6.97. The van der Waals surface area contributed by atoms with Crippen LogP contribution in [0.25, 0.3) is 0 Å². The van der Waals surface area contributed by atoms with E-state index in [0.717, 1.165) is 5.56 Å². The van der Waals surface area contributed by atoms with Gasteiger partial charge in [-0.15, -0.1) is 0 Å². The monoisotopic (exact) mass is 274 g/mol. The summed E-state index contributed by atoms with van der Waals surface area (Å²) in [5.41, 5.74) is 1.15. The van der Waals surface area contributed by atoms with Crippen molar-refractivity contribution in [3.05, 3.63) is 27.7 Å². The molecule has 0 saturated heterocycles. The van der Waals surface area contributed by atoms with Gasteiger partial charge in [-0.3, -0.25) is 0 Å². The first-order valence-electron chi connectivity index (χ1n) is 4.22. The molecule has 0 bridgehead atoms. The number of aliphatic hydroxyl groups is 1. The van der Waals surface area contributed by atoms with Crippen LogP contribution in [-0.4, -0.2) is 23.3 Å². The molecule has 0 saturated carbocycles. The molecule has 1 aromatic carbocycles. The summed E-state index contributed by atoms with van der Waals surface area (Å²) >= 11 is 3.20. The van der Waals surface area contributed by atoms with Crippen LogP contribution in [0.3, 0.4) is 0 Å². The average molecular weight is 275 g/mol. The normalized spacial score (nSPS) is 12.3. The average Bonchev–Trinajstić information content (AvgIpc) is 2.17. The van der Waals surface area contributed by atoms with Crippen LogP contribution in [-0.2, 0) is 4.79 Å². The maximum absolute atomic E-state index is 10.6. The lowest BCUT2D eigenvalue weighted by atomic mass is 10.1. The summed E-state index contributed by atoms with van der Waals surface area (Å²) < 4.78 is 5.60. The zero-order chi connectivity index (χ0) is 11.6. The van der Waals surface area contributed by atoms with Gasteiger partial charge in [-0.25, -0.2) is 4.79 Å². The van der Waals surface area contributed by atoms with Crippen molar-refractivity contribution in [1.29, 1.82) is 0 Å². The number of carbonyl (C=O) groups is 1. The van der Waals surface area contributed by atoms with Gasteiger partial charge in [0.05, 0.1) is 7.11 Å². The first-order valence-corrected chi connectivity index (χ1v) is 5.01. The van der Waals surface area contributed by atoms with E-state index in [0.29, 0.717) is 10.2 Å². The predicted octanol–water partition coefficient (Wildman–Crippen LogP) is 1.88. The Balaban J connectivity index is 3.24. The van der Waals surface area contributed by atoms with Crippen molar-refractivity contribution in [2.24, 2.45) is 0 Å². The SMILES string of the molecule is COc1cc(C(O)C(=O)O)c(Br)cc1C. The molecule has 82 valence electrons. The zero-order valence-electron chi connectivity index (χ0n) is 8.32. The van der Waals surface area contributed by atoms with Gasteiger partial charge in [-0.1, -0.05) is 15.9 Å².